The smallest absolute Gasteiger partial charge is 0.229 e. The lowest BCUT2D eigenvalue weighted by atomic mass is 9.98. The van der Waals surface area contributed by atoms with Gasteiger partial charge < -0.3 is 25.4 Å². The summed E-state index contributed by atoms with van der Waals surface area (Å²) in [5.41, 5.74) is 0.0273. The number of aromatic nitrogens is 4. The molecule has 5 rings (SSSR count). The molecule has 3 aromatic rings. The lowest BCUT2D eigenvalue weighted by Gasteiger charge is -2.24. The highest BCUT2D eigenvalue weighted by molar-refractivity contribution is 7.16. The standard InChI is InChI=1S/C20H19ClN6O3S/c1-22-17-14-18(26-12(25-17)6-4-9-3-5-11(21)31-9)24-8-27(14)13-10-7-20(10,19(30)23-2)16(29)15(13)28/h3,5,8,10,13,15-16,28-29H,7H2,1-2H3,(H,23,30)(H,22,25,26)/t10-,13-,15+,16+,20+/m1/s1. The minimum absolute atomic E-state index is 0.206. The van der Waals surface area contributed by atoms with E-state index in [-0.39, 0.29) is 11.8 Å². The van der Waals surface area contributed by atoms with Crippen LogP contribution in [0.4, 0.5) is 5.82 Å². The number of aliphatic hydroxyl groups is 2. The first-order chi connectivity index (χ1) is 14.9. The van der Waals surface area contributed by atoms with Crippen LogP contribution in [0, 0.1) is 23.2 Å². The van der Waals surface area contributed by atoms with Crippen LogP contribution in [0.15, 0.2) is 18.5 Å². The molecule has 0 spiro atoms. The number of hydrogen-bond donors (Lipinski definition) is 4. The second kappa shape index (κ2) is 7.17. The van der Waals surface area contributed by atoms with Crippen molar-refractivity contribution in [2.24, 2.45) is 11.3 Å². The monoisotopic (exact) mass is 458 g/mol. The Bertz CT molecular complexity index is 1260. The van der Waals surface area contributed by atoms with Gasteiger partial charge in [0.2, 0.25) is 11.7 Å². The maximum absolute atomic E-state index is 12.4. The number of nitrogens with zero attached hydrogens (tertiary/aromatic N) is 4. The van der Waals surface area contributed by atoms with E-state index >= 15 is 0 Å². The summed E-state index contributed by atoms with van der Waals surface area (Å²) in [4.78, 5) is 26.5. The van der Waals surface area contributed by atoms with Crippen molar-refractivity contribution in [1.82, 2.24) is 24.8 Å². The van der Waals surface area contributed by atoms with E-state index in [4.69, 9.17) is 11.6 Å². The van der Waals surface area contributed by atoms with E-state index in [2.05, 4.69) is 37.4 Å². The predicted octanol–water partition coefficient (Wildman–Crippen LogP) is 1.01. The molecule has 2 aliphatic carbocycles. The van der Waals surface area contributed by atoms with E-state index in [9.17, 15) is 15.0 Å². The fraction of sp³-hybridized carbons (Fsp3) is 0.400. The van der Waals surface area contributed by atoms with Crippen LogP contribution in [0.3, 0.4) is 0 Å². The van der Waals surface area contributed by atoms with Gasteiger partial charge in [-0.25, -0.2) is 9.97 Å². The Morgan fingerprint density at radius 3 is 2.81 bits per heavy atom. The maximum atomic E-state index is 12.4. The maximum Gasteiger partial charge on any atom is 0.229 e. The van der Waals surface area contributed by atoms with Crippen LogP contribution in [0.25, 0.3) is 11.2 Å². The summed E-state index contributed by atoms with van der Waals surface area (Å²) in [7, 11) is 3.26. The van der Waals surface area contributed by atoms with Gasteiger partial charge in [0.05, 0.1) is 33.1 Å². The quantitative estimate of drug-likeness (QED) is 0.432. The zero-order valence-electron chi connectivity index (χ0n) is 16.6. The SMILES string of the molecule is CNC(=O)[C@@]12C[C@@H]1[C@@H](n1cnc3nc(C#Cc4ccc(Cl)s4)nc(NC)c31)[C@H](O)[C@@H]2O. The summed E-state index contributed by atoms with van der Waals surface area (Å²) in [6.45, 7) is 0. The van der Waals surface area contributed by atoms with E-state index in [0.717, 1.165) is 4.88 Å². The van der Waals surface area contributed by atoms with Gasteiger partial charge in [-0.15, -0.1) is 11.3 Å². The molecule has 0 radical (unpaired) electrons. The highest BCUT2D eigenvalue weighted by Gasteiger charge is 2.75. The zero-order valence-corrected chi connectivity index (χ0v) is 18.2. The third-order valence-corrected chi connectivity index (χ3v) is 7.33. The Labute approximate surface area is 186 Å². The fourth-order valence-corrected chi connectivity index (χ4v) is 5.58. The lowest BCUT2D eigenvalue weighted by Crippen LogP contribution is -2.41. The van der Waals surface area contributed by atoms with Crippen LogP contribution in [0.5, 0.6) is 0 Å². The Hall–Kier alpha value is -2.71. The number of hydrogen-bond acceptors (Lipinski definition) is 8. The van der Waals surface area contributed by atoms with E-state index in [1.807, 2.05) is 6.07 Å². The van der Waals surface area contributed by atoms with Gasteiger partial charge in [0, 0.05) is 20.0 Å². The molecule has 3 aromatic heterocycles. The van der Waals surface area contributed by atoms with Crippen molar-refractivity contribution in [3.8, 4) is 11.8 Å². The number of anilines is 1. The zero-order chi connectivity index (χ0) is 21.9. The molecule has 4 N–H and O–H groups in total. The summed E-state index contributed by atoms with van der Waals surface area (Å²) in [6.07, 6.45) is -0.199. The number of fused-ring (bicyclic) bond motifs is 2. The Balaban J connectivity index is 1.55. The highest BCUT2D eigenvalue weighted by atomic mass is 35.5. The molecule has 5 atom stereocenters. The largest absolute Gasteiger partial charge is 0.389 e. The van der Waals surface area contributed by atoms with Gasteiger partial charge >= 0.3 is 0 Å². The summed E-state index contributed by atoms with van der Waals surface area (Å²) in [6, 6.07) is 3.09. The molecule has 2 saturated carbocycles. The topological polar surface area (TPSA) is 125 Å². The molecule has 0 aromatic carbocycles. The second-order valence-electron chi connectivity index (χ2n) is 7.68. The summed E-state index contributed by atoms with van der Waals surface area (Å²) < 4.78 is 2.41. The molecule has 3 heterocycles. The molecule has 1 amide bonds. The van der Waals surface area contributed by atoms with Gasteiger partial charge in [-0.3, -0.25) is 4.79 Å². The number of thiophene rings is 1. The minimum Gasteiger partial charge on any atom is -0.389 e. The Kier molecular flexibility index (Phi) is 4.67. The molecule has 11 heteroatoms. The highest BCUT2D eigenvalue weighted by Crippen LogP contribution is 2.67. The van der Waals surface area contributed by atoms with Crippen LogP contribution >= 0.6 is 22.9 Å². The van der Waals surface area contributed by atoms with Gasteiger partial charge in [0.1, 0.15) is 11.6 Å². The first-order valence-corrected chi connectivity index (χ1v) is 10.9. The van der Waals surface area contributed by atoms with Gasteiger partial charge in [-0.05, 0) is 30.4 Å². The molecule has 0 aliphatic heterocycles. The molecule has 31 heavy (non-hydrogen) atoms. The first-order valence-electron chi connectivity index (χ1n) is 9.68. The molecular weight excluding hydrogens is 440 g/mol. The van der Waals surface area contributed by atoms with E-state index in [0.29, 0.717) is 33.6 Å². The average molecular weight is 459 g/mol. The Morgan fingerprint density at radius 2 is 2.13 bits per heavy atom. The van der Waals surface area contributed by atoms with Crippen LogP contribution < -0.4 is 10.6 Å². The van der Waals surface area contributed by atoms with E-state index < -0.39 is 23.7 Å². The molecule has 160 valence electrons. The number of rotatable bonds is 3. The molecule has 0 bridgehead atoms. The predicted molar refractivity (Wildman–Crippen MR) is 116 cm³/mol. The van der Waals surface area contributed by atoms with Crippen LogP contribution in [-0.4, -0.2) is 61.9 Å². The van der Waals surface area contributed by atoms with Gasteiger partial charge in [0.15, 0.2) is 11.5 Å². The third kappa shape index (κ3) is 2.92. The van der Waals surface area contributed by atoms with E-state index in [1.165, 1.54) is 18.4 Å². The molecule has 0 saturated heterocycles. The van der Waals surface area contributed by atoms with Gasteiger partial charge in [-0.1, -0.05) is 11.6 Å². The fourth-order valence-electron chi connectivity index (χ4n) is 4.69. The van der Waals surface area contributed by atoms with Crippen molar-refractivity contribution in [3.05, 3.63) is 33.5 Å². The van der Waals surface area contributed by atoms with Crippen molar-refractivity contribution in [1.29, 1.82) is 0 Å². The van der Waals surface area contributed by atoms with Crippen molar-refractivity contribution in [2.45, 2.75) is 24.7 Å². The van der Waals surface area contributed by atoms with Crippen molar-refractivity contribution in [3.63, 3.8) is 0 Å². The summed E-state index contributed by atoms with van der Waals surface area (Å²) >= 11 is 7.31. The van der Waals surface area contributed by atoms with Crippen molar-refractivity contribution < 1.29 is 15.0 Å². The first kappa shape index (κ1) is 20.2. The summed E-state index contributed by atoms with van der Waals surface area (Å²) in [5, 5.41) is 27.0. The number of carbonyl (C=O) groups is 1. The second-order valence-corrected chi connectivity index (χ2v) is 9.39. The van der Waals surface area contributed by atoms with Gasteiger partial charge in [0.25, 0.3) is 0 Å². The number of aliphatic hydroxyl groups excluding tert-OH is 2. The molecule has 2 aliphatic rings. The number of amides is 1. The van der Waals surface area contributed by atoms with Crippen molar-refractivity contribution >= 4 is 45.8 Å². The lowest BCUT2D eigenvalue weighted by molar-refractivity contribution is -0.132. The molecular formula is C20H19ClN6O3S. The summed E-state index contributed by atoms with van der Waals surface area (Å²) in [5.74, 6) is 6.25. The third-order valence-electron chi connectivity index (χ3n) is 6.18. The number of nitrogens with one attached hydrogen (secondary N) is 2. The molecule has 2 fully saturated rings. The van der Waals surface area contributed by atoms with Crippen LogP contribution in [-0.2, 0) is 4.79 Å². The minimum atomic E-state index is -1.15. The van der Waals surface area contributed by atoms with Crippen LogP contribution in [0.1, 0.15) is 23.2 Å². The number of halogens is 1. The Morgan fingerprint density at radius 1 is 1.32 bits per heavy atom. The van der Waals surface area contributed by atoms with Crippen LogP contribution in [0.2, 0.25) is 4.34 Å². The van der Waals surface area contributed by atoms with Gasteiger partial charge in [-0.2, -0.15) is 4.98 Å². The van der Waals surface area contributed by atoms with Crippen molar-refractivity contribution in [2.75, 3.05) is 19.4 Å². The normalized spacial score (nSPS) is 28.7. The van der Waals surface area contributed by atoms with E-state index in [1.54, 1.807) is 24.0 Å². The molecule has 9 nitrogen and oxygen atoms in total. The molecule has 0 unspecified atom stereocenters. The average Bonchev–Trinajstić information content (AvgIpc) is 3.01. The number of imidazole rings is 1. The number of carbonyl (C=O) groups excluding carboxylic acids is 1.